The van der Waals surface area contributed by atoms with Crippen molar-refractivity contribution in [2.45, 2.75) is 26.8 Å². The van der Waals surface area contributed by atoms with Crippen molar-refractivity contribution in [1.82, 2.24) is 5.32 Å². The van der Waals surface area contributed by atoms with Gasteiger partial charge in [0.05, 0.1) is 19.3 Å². The van der Waals surface area contributed by atoms with Crippen LogP contribution in [0.2, 0.25) is 0 Å². The third-order valence-corrected chi connectivity index (χ3v) is 3.83. The number of nitrogens with two attached hydrogens (primary N) is 1. The van der Waals surface area contributed by atoms with E-state index in [4.69, 9.17) is 15.2 Å². The van der Waals surface area contributed by atoms with Gasteiger partial charge in [-0.1, -0.05) is 12.1 Å². The first-order chi connectivity index (χ1) is 12.9. The van der Waals surface area contributed by atoms with Crippen LogP contribution in [0, 0.1) is 0 Å². The molecule has 0 spiro atoms. The first-order valence-corrected chi connectivity index (χ1v) is 8.81. The predicted octanol–water partition coefficient (Wildman–Crippen LogP) is 3.47. The number of hydrogen-bond donors (Lipinski definition) is 3. The lowest BCUT2D eigenvalue weighted by Gasteiger charge is -2.16. The largest absolute Gasteiger partial charge is 0.490 e. The average Bonchev–Trinajstić information content (AvgIpc) is 2.63. The van der Waals surface area contributed by atoms with E-state index in [0.29, 0.717) is 36.0 Å². The summed E-state index contributed by atoms with van der Waals surface area (Å²) < 4.78 is 11.1. The van der Waals surface area contributed by atoms with Gasteiger partial charge < -0.3 is 25.8 Å². The molecule has 7 nitrogen and oxygen atoms in total. The van der Waals surface area contributed by atoms with Crippen LogP contribution in [-0.4, -0.2) is 25.2 Å². The minimum Gasteiger partial charge on any atom is -0.490 e. The summed E-state index contributed by atoms with van der Waals surface area (Å²) in [7, 11) is 0. The number of urea groups is 1. The predicted molar refractivity (Wildman–Crippen MR) is 104 cm³/mol. The smallest absolute Gasteiger partial charge is 0.316 e. The maximum absolute atomic E-state index is 12.6. The standard InChI is InChI=1S/C20H25N3O4/c1-4-26-17-11-8-15(12-18(17)27-5-2)19(24)22-13(3)14-6-9-16(10-7-14)23-20(21)25/h6-13H,4-5H2,1-3H3,(H,22,24)(H3,21,23,25). The van der Waals surface area contributed by atoms with Crippen molar-refractivity contribution in [3.63, 3.8) is 0 Å². The second-order valence-electron chi connectivity index (χ2n) is 5.83. The van der Waals surface area contributed by atoms with Gasteiger partial charge in [0, 0.05) is 11.3 Å². The van der Waals surface area contributed by atoms with Crippen LogP contribution < -0.4 is 25.8 Å². The van der Waals surface area contributed by atoms with E-state index >= 15 is 0 Å². The number of benzene rings is 2. The molecule has 0 saturated heterocycles. The molecule has 0 aliphatic heterocycles. The van der Waals surface area contributed by atoms with Crippen LogP contribution in [-0.2, 0) is 0 Å². The molecule has 4 N–H and O–H groups in total. The molecule has 1 atom stereocenters. The molecular formula is C20H25N3O4. The van der Waals surface area contributed by atoms with Gasteiger partial charge in [-0.15, -0.1) is 0 Å². The van der Waals surface area contributed by atoms with E-state index < -0.39 is 6.03 Å². The normalized spacial score (nSPS) is 11.4. The van der Waals surface area contributed by atoms with Crippen molar-refractivity contribution < 1.29 is 19.1 Å². The number of carbonyl (C=O) groups excluding carboxylic acids is 2. The van der Waals surface area contributed by atoms with Crippen LogP contribution in [0.25, 0.3) is 0 Å². The van der Waals surface area contributed by atoms with E-state index in [1.165, 1.54) is 0 Å². The summed E-state index contributed by atoms with van der Waals surface area (Å²) >= 11 is 0. The quantitative estimate of drug-likeness (QED) is 0.661. The molecule has 2 aromatic carbocycles. The lowest BCUT2D eigenvalue weighted by Crippen LogP contribution is -2.26. The van der Waals surface area contributed by atoms with E-state index in [9.17, 15) is 9.59 Å². The number of carbonyl (C=O) groups is 2. The fraction of sp³-hybridized carbons (Fsp3) is 0.300. The molecule has 3 amide bonds. The number of anilines is 1. The van der Waals surface area contributed by atoms with Gasteiger partial charge >= 0.3 is 6.03 Å². The Morgan fingerprint density at radius 3 is 2.22 bits per heavy atom. The van der Waals surface area contributed by atoms with E-state index in [1.54, 1.807) is 30.3 Å². The Hall–Kier alpha value is -3.22. The van der Waals surface area contributed by atoms with Gasteiger partial charge in [0.25, 0.3) is 5.91 Å². The van der Waals surface area contributed by atoms with Crippen molar-refractivity contribution in [3.8, 4) is 11.5 Å². The minimum absolute atomic E-state index is 0.217. The summed E-state index contributed by atoms with van der Waals surface area (Å²) in [4.78, 5) is 23.4. The van der Waals surface area contributed by atoms with Gasteiger partial charge in [-0.2, -0.15) is 0 Å². The molecular weight excluding hydrogens is 346 g/mol. The number of ether oxygens (including phenoxy) is 2. The van der Waals surface area contributed by atoms with Crippen molar-refractivity contribution in [1.29, 1.82) is 0 Å². The molecule has 0 saturated carbocycles. The fourth-order valence-electron chi connectivity index (χ4n) is 2.55. The molecule has 1 unspecified atom stereocenters. The highest BCUT2D eigenvalue weighted by atomic mass is 16.5. The Morgan fingerprint density at radius 2 is 1.63 bits per heavy atom. The number of hydrogen-bond acceptors (Lipinski definition) is 4. The van der Waals surface area contributed by atoms with Crippen LogP contribution in [0.4, 0.5) is 10.5 Å². The molecule has 27 heavy (non-hydrogen) atoms. The van der Waals surface area contributed by atoms with Crippen LogP contribution >= 0.6 is 0 Å². The molecule has 7 heteroatoms. The summed E-state index contributed by atoms with van der Waals surface area (Å²) in [5, 5.41) is 5.44. The monoisotopic (exact) mass is 371 g/mol. The molecule has 2 rings (SSSR count). The molecule has 0 heterocycles. The van der Waals surface area contributed by atoms with E-state index in [-0.39, 0.29) is 11.9 Å². The third-order valence-electron chi connectivity index (χ3n) is 3.83. The first kappa shape index (κ1) is 20.1. The maximum atomic E-state index is 12.6. The molecule has 0 radical (unpaired) electrons. The van der Waals surface area contributed by atoms with Crippen LogP contribution in [0.3, 0.4) is 0 Å². The second kappa shape index (κ2) is 9.47. The van der Waals surface area contributed by atoms with E-state index in [0.717, 1.165) is 5.56 Å². The molecule has 0 bridgehead atoms. The molecule has 2 aromatic rings. The minimum atomic E-state index is -0.621. The van der Waals surface area contributed by atoms with E-state index in [1.807, 2.05) is 32.9 Å². The third kappa shape index (κ3) is 5.64. The highest BCUT2D eigenvalue weighted by Crippen LogP contribution is 2.29. The van der Waals surface area contributed by atoms with Gasteiger partial charge in [0.2, 0.25) is 0 Å². The zero-order valence-electron chi connectivity index (χ0n) is 15.7. The van der Waals surface area contributed by atoms with Gasteiger partial charge in [0.15, 0.2) is 11.5 Å². The molecule has 0 aliphatic rings. The number of primary amides is 1. The lowest BCUT2D eigenvalue weighted by atomic mass is 10.1. The van der Waals surface area contributed by atoms with Crippen LogP contribution in [0.15, 0.2) is 42.5 Å². The van der Waals surface area contributed by atoms with Gasteiger partial charge in [-0.05, 0) is 56.7 Å². The Kier molecular flexibility index (Phi) is 7.05. The second-order valence-corrected chi connectivity index (χ2v) is 5.83. The number of nitrogens with one attached hydrogen (secondary N) is 2. The summed E-state index contributed by atoms with van der Waals surface area (Å²) in [6.07, 6.45) is 0. The molecule has 0 fully saturated rings. The Bertz CT molecular complexity index is 790. The maximum Gasteiger partial charge on any atom is 0.316 e. The van der Waals surface area contributed by atoms with Crippen LogP contribution in [0.5, 0.6) is 11.5 Å². The molecule has 0 aliphatic carbocycles. The van der Waals surface area contributed by atoms with Crippen molar-refractivity contribution in [3.05, 3.63) is 53.6 Å². The Morgan fingerprint density at radius 1 is 1.00 bits per heavy atom. The summed E-state index contributed by atoms with van der Waals surface area (Å²) in [5.41, 5.74) is 7.07. The van der Waals surface area contributed by atoms with E-state index in [2.05, 4.69) is 10.6 Å². The summed E-state index contributed by atoms with van der Waals surface area (Å²) in [6, 6.07) is 11.4. The van der Waals surface area contributed by atoms with Gasteiger partial charge in [0.1, 0.15) is 0 Å². The average molecular weight is 371 g/mol. The SMILES string of the molecule is CCOc1ccc(C(=O)NC(C)c2ccc(NC(N)=O)cc2)cc1OCC. The topological polar surface area (TPSA) is 103 Å². The lowest BCUT2D eigenvalue weighted by molar-refractivity contribution is 0.0939. The molecule has 144 valence electrons. The van der Waals surface area contributed by atoms with Crippen LogP contribution in [0.1, 0.15) is 42.7 Å². The Labute approximate surface area is 158 Å². The van der Waals surface area contributed by atoms with Crippen molar-refractivity contribution >= 4 is 17.6 Å². The van der Waals surface area contributed by atoms with Crippen molar-refractivity contribution in [2.24, 2.45) is 5.73 Å². The van der Waals surface area contributed by atoms with Gasteiger partial charge in [-0.3, -0.25) is 4.79 Å². The summed E-state index contributed by atoms with van der Waals surface area (Å²) in [5.74, 6) is 0.939. The summed E-state index contributed by atoms with van der Waals surface area (Å²) in [6.45, 7) is 6.65. The fourth-order valence-corrected chi connectivity index (χ4v) is 2.55. The van der Waals surface area contributed by atoms with Gasteiger partial charge in [-0.25, -0.2) is 4.79 Å². The first-order valence-electron chi connectivity index (χ1n) is 8.81. The highest BCUT2D eigenvalue weighted by molar-refractivity contribution is 5.95. The number of amides is 3. The zero-order chi connectivity index (χ0) is 19.8. The highest BCUT2D eigenvalue weighted by Gasteiger charge is 2.14. The Balaban J connectivity index is 2.09. The van der Waals surface area contributed by atoms with Crippen molar-refractivity contribution in [2.75, 3.05) is 18.5 Å². The molecule has 0 aromatic heterocycles. The number of rotatable bonds is 8. The zero-order valence-corrected chi connectivity index (χ0v) is 15.7.